The summed E-state index contributed by atoms with van der Waals surface area (Å²) in [6.45, 7) is 0. The lowest BCUT2D eigenvalue weighted by molar-refractivity contribution is -0.116. The Balaban J connectivity index is 2.00. The van der Waals surface area contributed by atoms with E-state index >= 15 is 0 Å². The molecule has 0 saturated heterocycles. The monoisotopic (exact) mass is 353 g/mol. The minimum Gasteiger partial charge on any atom is -0.495 e. The molecule has 23 heavy (non-hydrogen) atoms. The second-order valence-corrected chi connectivity index (χ2v) is 5.99. The van der Waals surface area contributed by atoms with Gasteiger partial charge in [0.15, 0.2) is 5.78 Å². The number of amides is 1. The van der Waals surface area contributed by atoms with Gasteiger partial charge in [-0.3, -0.25) is 9.59 Å². The Morgan fingerprint density at radius 2 is 1.91 bits per heavy atom. The van der Waals surface area contributed by atoms with Gasteiger partial charge in [-0.05, 0) is 17.5 Å². The minimum atomic E-state index is -0.283. The first kappa shape index (κ1) is 17.3. The molecular formula is C16H16ClNO4S. The van der Waals surface area contributed by atoms with Gasteiger partial charge < -0.3 is 14.8 Å². The SMILES string of the molecule is COc1cc(OC)c(NC(=O)CCC(=O)c2cccs2)cc1Cl. The van der Waals surface area contributed by atoms with Gasteiger partial charge in [-0.25, -0.2) is 0 Å². The van der Waals surface area contributed by atoms with Crippen LogP contribution in [0.1, 0.15) is 22.5 Å². The zero-order chi connectivity index (χ0) is 16.8. The fourth-order valence-electron chi connectivity index (χ4n) is 1.96. The first-order valence-corrected chi connectivity index (χ1v) is 8.09. The van der Waals surface area contributed by atoms with Crippen molar-refractivity contribution in [2.24, 2.45) is 0 Å². The number of benzene rings is 1. The third kappa shape index (κ3) is 4.46. The van der Waals surface area contributed by atoms with Gasteiger partial charge >= 0.3 is 0 Å². The molecule has 0 aliphatic heterocycles. The zero-order valence-electron chi connectivity index (χ0n) is 12.7. The van der Waals surface area contributed by atoms with E-state index in [4.69, 9.17) is 21.1 Å². The molecule has 0 bridgehead atoms. The van der Waals surface area contributed by atoms with Crippen LogP contribution in [0.25, 0.3) is 0 Å². The second-order valence-electron chi connectivity index (χ2n) is 4.64. The van der Waals surface area contributed by atoms with E-state index < -0.39 is 0 Å². The van der Waals surface area contributed by atoms with Crippen molar-refractivity contribution < 1.29 is 19.1 Å². The van der Waals surface area contributed by atoms with Crippen molar-refractivity contribution in [2.75, 3.05) is 19.5 Å². The van der Waals surface area contributed by atoms with Crippen LogP contribution in [0, 0.1) is 0 Å². The third-order valence-electron chi connectivity index (χ3n) is 3.12. The van der Waals surface area contributed by atoms with Gasteiger partial charge in [0, 0.05) is 18.9 Å². The largest absolute Gasteiger partial charge is 0.495 e. The molecule has 5 nitrogen and oxygen atoms in total. The molecule has 0 fully saturated rings. The Kier molecular flexibility index (Phi) is 6.01. The number of carbonyl (C=O) groups is 2. The Hall–Kier alpha value is -2.05. The van der Waals surface area contributed by atoms with E-state index in [-0.39, 0.29) is 24.5 Å². The maximum Gasteiger partial charge on any atom is 0.224 e. The first-order valence-electron chi connectivity index (χ1n) is 6.83. The summed E-state index contributed by atoms with van der Waals surface area (Å²) >= 11 is 7.42. The summed E-state index contributed by atoms with van der Waals surface area (Å²) in [6.07, 6.45) is 0.238. The van der Waals surface area contributed by atoms with Crippen molar-refractivity contribution >= 4 is 40.3 Å². The molecule has 0 spiro atoms. The molecule has 2 rings (SSSR count). The van der Waals surface area contributed by atoms with E-state index in [2.05, 4.69) is 5.32 Å². The number of hydrogen-bond acceptors (Lipinski definition) is 5. The van der Waals surface area contributed by atoms with Gasteiger partial charge in [-0.15, -0.1) is 11.3 Å². The highest BCUT2D eigenvalue weighted by Gasteiger charge is 2.14. The summed E-state index contributed by atoms with van der Waals surface area (Å²) in [7, 11) is 2.98. The van der Waals surface area contributed by atoms with Gasteiger partial charge in [-0.1, -0.05) is 17.7 Å². The molecule has 1 aromatic heterocycles. The van der Waals surface area contributed by atoms with Crippen molar-refractivity contribution in [1.82, 2.24) is 0 Å². The van der Waals surface area contributed by atoms with E-state index in [1.807, 2.05) is 11.4 Å². The molecule has 0 unspecified atom stereocenters. The molecule has 2 aromatic rings. The number of Topliss-reactive ketones (excluding diaryl/α,β-unsaturated/α-hetero) is 1. The van der Waals surface area contributed by atoms with Crippen LogP contribution in [-0.2, 0) is 4.79 Å². The summed E-state index contributed by atoms with van der Waals surface area (Å²) < 4.78 is 10.3. The predicted octanol–water partition coefficient (Wildman–Crippen LogP) is 4.02. The van der Waals surface area contributed by atoms with Crippen molar-refractivity contribution in [3.05, 3.63) is 39.5 Å². The summed E-state index contributed by atoms with van der Waals surface area (Å²) in [5, 5.41) is 4.89. The smallest absolute Gasteiger partial charge is 0.224 e. The number of rotatable bonds is 7. The van der Waals surface area contributed by atoms with Gasteiger partial charge in [-0.2, -0.15) is 0 Å². The number of anilines is 1. The van der Waals surface area contributed by atoms with Gasteiger partial charge in [0.2, 0.25) is 5.91 Å². The molecule has 122 valence electrons. The first-order chi connectivity index (χ1) is 11.0. The van der Waals surface area contributed by atoms with Crippen LogP contribution in [0.4, 0.5) is 5.69 Å². The molecule has 1 N–H and O–H groups in total. The molecule has 7 heteroatoms. The average Bonchev–Trinajstić information content (AvgIpc) is 3.07. The average molecular weight is 354 g/mol. The van der Waals surface area contributed by atoms with E-state index in [0.29, 0.717) is 27.1 Å². The van der Waals surface area contributed by atoms with E-state index in [1.54, 1.807) is 18.2 Å². The van der Waals surface area contributed by atoms with Crippen molar-refractivity contribution in [3.8, 4) is 11.5 Å². The maximum absolute atomic E-state index is 12.0. The highest BCUT2D eigenvalue weighted by molar-refractivity contribution is 7.12. The van der Waals surface area contributed by atoms with E-state index in [0.717, 1.165) is 0 Å². The molecule has 0 atom stereocenters. The van der Waals surface area contributed by atoms with E-state index in [9.17, 15) is 9.59 Å². The number of hydrogen-bond donors (Lipinski definition) is 1. The van der Waals surface area contributed by atoms with Crippen molar-refractivity contribution in [1.29, 1.82) is 0 Å². The van der Waals surface area contributed by atoms with Gasteiger partial charge in [0.05, 0.1) is 29.8 Å². The lowest BCUT2D eigenvalue weighted by atomic mass is 10.2. The fourth-order valence-corrected chi connectivity index (χ4v) is 2.89. The number of thiophene rings is 1. The van der Waals surface area contributed by atoms with Crippen LogP contribution < -0.4 is 14.8 Å². The number of halogens is 1. The van der Waals surface area contributed by atoms with Gasteiger partial charge in [0.1, 0.15) is 11.5 Å². The molecular weight excluding hydrogens is 338 g/mol. The number of methoxy groups -OCH3 is 2. The molecule has 0 saturated carbocycles. The van der Waals surface area contributed by atoms with Crippen LogP contribution >= 0.6 is 22.9 Å². The van der Waals surface area contributed by atoms with Crippen LogP contribution in [0.2, 0.25) is 5.02 Å². The quantitative estimate of drug-likeness (QED) is 0.763. The lowest BCUT2D eigenvalue weighted by Gasteiger charge is -2.13. The van der Waals surface area contributed by atoms with Crippen LogP contribution in [0.15, 0.2) is 29.6 Å². The number of carbonyl (C=O) groups excluding carboxylic acids is 2. The Bertz CT molecular complexity index is 700. The van der Waals surface area contributed by atoms with E-state index in [1.165, 1.54) is 25.6 Å². The topological polar surface area (TPSA) is 64.6 Å². The van der Waals surface area contributed by atoms with Crippen molar-refractivity contribution in [3.63, 3.8) is 0 Å². The summed E-state index contributed by atoms with van der Waals surface area (Å²) in [4.78, 5) is 24.6. The molecule has 1 aromatic carbocycles. The Labute approximate surface area is 143 Å². The number of ketones is 1. The lowest BCUT2D eigenvalue weighted by Crippen LogP contribution is -2.14. The second kappa shape index (κ2) is 7.99. The molecule has 1 heterocycles. The van der Waals surface area contributed by atoms with Gasteiger partial charge in [0.25, 0.3) is 0 Å². The molecule has 0 radical (unpaired) electrons. The highest BCUT2D eigenvalue weighted by atomic mass is 35.5. The van der Waals surface area contributed by atoms with Crippen LogP contribution in [-0.4, -0.2) is 25.9 Å². The predicted molar refractivity (Wildman–Crippen MR) is 91.1 cm³/mol. The Morgan fingerprint density at radius 3 is 2.52 bits per heavy atom. The highest BCUT2D eigenvalue weighted by Crippen LogP contribution is 2.35. The molecule has 1 amide bonds. The maximum atomic E-state index is 12.0. The summed E-state index contributed by atoms with van der Waals surface area (Å²) in [5.74, 6) is 0.558. The summed E-state index contributed by atoms with van der Waals surface area (Å²) in [6, 6.07) is 6.70. The van der Waals surface area contributed by atoms with Crippen molar-refractivity contribution in [2.45, 2.75) is 12.8 Å². The summed E-state index contributed by atoms with van der Waals surface area (Å²) in [5.41, 5.74) is 0.437. The van der Waals surface area contributed by atoms with Crippen LogP contribution in [0.5, 0.6) is 11.5 Å². The normalized spacial score (nSPS) is 10.2. The molecule has 0 aliphatic carbocycles. The number of ether oxygens (including phenoxy) is 2. The minimum absolute atomic E-state index is 0.0464. The standard InChI is InChI=1S/C16H16ClNO4S/c1-21-13-9-14(22-2)11(8-10(13)17)18-16(20)6-5-12(19)15-4-3-7-23-15/h3-4,7-9H,5-6H2,1-2H3,(H,18,20). The molecule has 0 aliphatic rings. The zero-order valence-corrected chi connectivity index (χ0v) is 14.3. The third-order valence-corrected chi connectivity index (χ3v) is 4.33. The number of nitrogens with one attached hydrogen (secondary N) is 1. The Morgan fingerprint density at radius 1 is 1.17 bits per heavy atom. The van der Waals surface area contributed by atoms with Crippen LogP contribution in [0.3, 0.4) is 0 Å². The fraction of sp³-hybridized carbons (Fsp3) is 0.250.